The smallest absolute Gasteiger partial charge is 0.165 e. The van der Waals surface area contributed by atoms with Gasteiger partial charge in [0.05, 0.1) is 5.52 Å². The normalized spacial score (nSPS) is 11.8. The second-order valence-electron chi connectivity index (χ2n) is 11.9. The molecule has 0 aliphatic rings. The second kappa shape index (κ2) is 10.7. The van der Waals surface area contributed by atoms with Crippen LogP contribution in [-0.2, 0) is 0 Å². The van der Waals surface area contributed by atoms with E-state index in [1.54, 1.807) is 11.3 Å². The molecule has 5 nitrogen and oxygen atoms in total. The number of rotatable bonds is 4. The monoisotopic (exact) mass is 631 g/mol. The van der Waals surface area contributed by atoms with E-state index in [9.17, 15) is 0 Å². The van der Waals surface area contributed by atoms with Gasteiger partial charge in [-0.3, -0.25) is 4.57 Å². The second-order valence-corrected chi connectivity index (χ2v) is 12.9. The minimum atomic E-state index is 0.655. The molecular weight excluding hydrogens is 607 g/mol. The molecule has 0 amide bonds. The van der Waals surface area contributed by atoms with Crippen molar-refractivity contribution in [1.82, 2.24) is 24.5 Å². The van der Waals surface area contributed by atoms with Gasteiger partial charge in [-0.25, -0.2) is 19.9 Å². The Bertz CT molecular complexity index is 2790. The predicted octanol–water partition coefficient (Wildman–Crippen LogP) is 10.9. The van der Waals surface area contributed by atoms with Crippen molar-refractivity contribution >= 4 is 64.2 Å². The van der Waals surface area contributed by atoms with E-state index in [1.807, 2.05) is 30.5 Å². The van der Waals surface area contributed by atoms with Crippen LogP contribution in [0.5, 0.6) is 0 Å². The van der Waals surface area contributed by atoms with Crippen molar-refractivity contribution in [2.75, 3.05) is 0 Å². The first-order valence-corrected chi connectivity index (χ1v) is 16.7. The first-order valence-electron chi connectivity index (χ1n) is 15.9. The minimum Gasteiger partial charge on any atom is -0.294 e. The summed E-state index contributed by atoms with van der Waals surface area (Å²) in [4.78, 5) is 20.1. The molecule has 0 unspecified atom stereocenters. The Hall–Kier alpha value is -6.24. The summed E-state index contributed by atoms with van der Waals surface area (Å²) in [5.41, 5.74) is 6.13. The number of nitrogens with zero attached hydrogens (tertiary/aromatic N) is 5. The summed E-state index contributed by atoms with van der Waals surface area (Å²) < 4.78 is 4.62. The molecule has 4 heterocycles. The van der Waals surface area contributed by atoms with E-state index in [-0.39, 0.29) is 0 Å². The Morgan fingerprint density at radius 1 is 0.479 bits per heavy atom. The molecule has 0 spiro atoms. The van der Waals surface area contributed by atoms with Gasteiger partial charge in [0.2, 0.25) is 0 Å². The minimum absolute atomic E-state index is 0.655. The Morgan fingerprint density at radius 3 is 2.08 bits per heavy atom. The number of thiophene rings is 1. The van der Waals surface area contributed by atoms with Crippen LogP contribution in [-0.4, -0.2) is 24.5 Å². The zero-order chi connectivity index (χ0) is 31.6. The molecular formula is C42H25N5S. The maximum atomic E-state index is 5.17. The van der Waals surface area contributed by atoms with E-state index in [1.165, 1.54) is 20.9 Å². The van der Waals surface area contributed by atoms with Crippen LogP contribution in [0.25, 0.3) is 92.7 Å². The summed E-state index contributed by atoms with van der Waals surface area (Å²) in [5, 5.41) is 7.01. The van der Waals surface area contributed by atoms with Crippen molar-refractivity contribution in [2.24, 2.45) is 0 Å². The molecule has 0 bridgehead atoms. The van der Waals surface area contributed by atoms with Crippen LogP contribution >= 0.6 is 11.3 Å². The topological polar surface area (TPSA) is 56.5 Å². The van der Waals surface area contributed by atoms with Crippen molar-refractivity contribution in [2.45, 2.75) is 0 Å². The highest BCUT2D eigenvalue weighted by molar-refractivity contribution is 7.26. The third-order valence-corrected chi connectivity index (χ3v) is 10.3. The number of hydrogen-bond donors (Lipinski definition) is 0. The maximum absolute atomic E-state index is 5.17. The Balaban J connectivity index is 1.19. The van der Waals surface area contributed by atoms with E-state index < -0.39 is 0 Å². The molecule has 0 saturated carbocycles. The van der Waals surface area contributed by atoms with Gasteiger partial charge in [-0.05, 0) is 47.2 Å². The summed E-state index contributed by atoms with van der Waals surface area (Å²) in [5.74, 6) is 1.98. The number of fused-ring (bicyclic) bond motifs is 7. The van der Waals surface area contributed by atoms with Crippen LogP contribution in [0.3, 0.4) is 0 Å². The number of aromatic nitrogens is 5. The van der Waals surface area contributed by atoms with E-state index >= 15 is 0 Å². The van der Waals surface area contributed by atoms with Crippen LogP contribution in [0.15, 0.2) is 152 Å². The molecule has 4 aromatic heterocycles. The van der Waals surface area contributed by atoms with E-state index in [4.69, 9.17) is 19.9 Å². The molecule has 0 aliphatic carbocycles. The van der Waals surface area contributed by atoms with E-state index in [0.29, 0.717) is 17.5 Å². The first-order chi connectivity index (χ1) is 23.8. The van der Waals surface area contributed by atoms with Crippen molar-refractivity contribution in [3.05, 3.63) is 152 Å². The van der Waals surface area contributed by atoms with E-state index in [0.717, 1.165) is 54.4 Å². The zero-order valence-electron chi connectivity index (χ0n) is 25.6. The third kappa shape index (κ3) is 4.16. The molecule has 6 heteroatoms. The summed E-state index contributed by atoms with van der Waals surface area (Å²) >= 11 is 1.78. The van der Waals surface area contributed by atoms with Crippen LogP contribution in [0, 0.1) is 0 Å². The van der Waals surface area contributed by atoms with Gasteiger partial charge < -0.3 is 0 Å². The SMILES string of the molecule is c1ccc(-c2nc(-c3cccc4ccccc34)nc(-c3cccc4c3sc3cc(-n5c6ccccc6c6cccnc65)ccc34)n2)cc1. The number of hydrogen-bond acceptors (Lipinski definition) is 5. The van der Waals surface area contributed by atoms with E-state index in [2.05, 4.69) is 126 Å². The third-order valence-electron chi connectivity index (χ3n) is 9.11. The van der Waals surface area contributed by atoms with Gasteiger partial charge in [0.1, 0.15) is 5.65 Å². The molecule has 0 aliphatic heterocycles. The van der Waals surface area contributed by atoms with Crippen LogP contribution in [0.4, 0.5) is 0 Å². The average molecular weight is 632 g/mol. The average Bonchev–Trinajstić information content (AvgIpc) is 3.70. The fraction of sp³-hybridized carbons (Fsp3) is 0. The molecule has 10 aromatic rings. The van der Waals surface area contributed by atoms with Crippen molar-refractivity contribution in [3.63, 3.8) is 0 Å². The predicted molar refractivity (Wildman–Crippen MR) is 199 cm³/mol. The Morgan fingerprint density at radius 2 is 1.17 bits per heavy atom. The first kappa shape index (κ1) is 26.9. The maximum Gasteiger partial charge on any atom is 0.165 e. The lowest BCUT2D eigenvalue weighted by molar-refractivity contribution is 1.08. The summed E-state index contributed by atoms with van der Waals surface area (Å²) in [7, 11) is 0. The number of benzene rings is 6. The molecule has 0 fully saturated rings. The summed E-state index contributed by atoms with van der Waals surface area (Å²) in [6.45, 7) is 0. The molecule has 48 heavy (non-hydrogen) atoms. The highest BCUT2D eigenvalue weighted by atomic mass is 32.1. The largest absolute Gasteiger partial charge is 0.294 e. The lowest BCUT2D eigenvalue weighted by Gasteiger charge is -2.10. The van der Waals surface area contributed by atoms with Gasteiger partial charge in [0.15, 0.2) is 17.5 Å². The highest BCUT2D eigenvalue weighted by Crippen LogP contribution is 2.41. The zero-order valence-corrected chi connectivity index (χ0v) is 26.4. The van der Waals surface area contributed by atoms with Crippen LogP contribution in [0.1, 0.15) is 0 Å². The van der Waals surface area contributed by atoms with Gasteiger partial charge >= 0.3 is 0 Å². The standard InChI is InChI=1S/C42H25N5S/c1-2-12-27(13-3-1)39-44-40(33-18-8-14-26-11-4-5-15-29(26)33)46-41(45-39)35-19-9-17-32-31-23-22-28(25-37(31)48-38(32)35)47-36-21-7-6-16-30(36)34-20-10-24-43-42(34)47/h1-25H. The van der Waals surface area contributed by atoms with Crippen molar-refractivity contribution in [1.29, 1.82) is 0 Å². The fourth-order valence-electron chi connectivity index (χ4n) is 6.91. The van der Waals surface area contributed by atoms with Gasteiger partial charge in [0.25, 0.3) is 0 Å². The van der Waals surface area contributed by atoms with Crippen molar-refractivity contribution < 1.29 is 0 Å². The molecule has 224 valence electrons. The summed E-state index contributed by atoms with van der Waals surface area (Å²) in [6, 6.07) is 50.7. The number of pyridine rings is 1. The van der Waals surface area contributed by atoms with Gasteiger partial charge in [0, 0.05) is 59.5 Å². The van der Waals surface area contributed by atoms with Crippen LogP contribution in [0.2, 0.25) is 0 Å². The molecule has 0 saturated heterocycles. The van der Waals surface area contributed by atoms with Gasteiger partial charge in [-0.1, -0.05) is 109 Å². The molecule has 0 atom stereocenters. The number of para-hydroxylation sites is 1. The van der Waals surface area contributed by atoms with Crippen LogP contribution < -0.4 is 0 Å². The molecule has 10 rings (SSSR count). The van der Waals surface area contributed by atoms with Crippen molar-refractivity contribution in [3.8, 4) is 39.9 Å². The lowest BCUT2D eigenvalue weighted by Crippen LogP contribution is -2.00. The fourth-order valence-corrected chi connectivity index (χ4v) is 8.16. The Kier molecular flexibility index (Phi) is 5.98. The molecule has 0 N–H and O–H groups in total. The quantitative estimate of drug-likeness (QED) is 0.194. The van der Waals surface area contributed by atoms with Gasteiger partial charge in [-0.2, -0.15) is 0 Å². The molecule has 0 radical (unpaired) electrons. The lowest BCUT2D eigenvalue weighted by atomic mass is 10.0. The Labute approximate surface area is 279 Å². The summed E-state index contributed by atoms with van der Waals surface area (Å²) in [6.07, 6.45) is 1.87. The molecule has 6 aromatic carbocycles. The van der Waals surface area contributed by atoms with Gasteiger partial charge in [-0.15, -0.1) is 11.3 Å². The highest BCUT2D eigenvalue weighted by Gasteiger charge is 2.19.